The Morgan fingerprint density at radius 2 is 1.93 bits per heavy atom. The molecule has 5 nitrogen and oxygen atoms in total. The van der Waals surface area contributed by atoms with Gasteiger partial charge in [-0.3, -0.25) is 10.1 Å². The van der Waals surface area contributed by atoms with Gasteiger partial charge in [-0.15, -0.1) is 0 Å². The van der Waals surface area contributed by atoms with Crippen LogP contribution in [0, 0.1) is 17.0 Å². The van der Waals surface area contributed by atoms with Crippen LogP contribution in [-0.4, -0.2) is 19.1 Å². The van der Waals surface area contributed by atoms with Crippen molar-refractivity contribution < 1.29 is 14.4 Å². The Kier molecular flexibility index (Phi) is 2.91. The molecule has 0 aliphatic rings. The maximum Gasteiger partial charge on any atom is 0.352 e. The van der Waals surface area contributed by atoms with Crippen LogP contribution in [0.5, 0.6) is 11.5 Å². The lowest BCUT2D eigenvalue weighted by atomic mass is 10.2. The van der Waals surface area contributed by atoms with Crippen molar-refractivity contribution >= 4 is 5.69 Å². The number of benzene rings is 1. The van der Waals surface area contributed by atoms with Gasteiger partial charge in [0.15, 0.2) is 0 Å². The first-order chi connectivity index (χ1) is 6.61. The smallest absolute Gasteiger partial charge is 0.352 e. The lowest BCUT2D eigenvalue weighted by molar-refractivity contribution is -0.386. The molecule has 0 saturated heterocycles. The van der Waals surface area contributed by atoms with Gasteiger partial charge in [0.05, 0.1) is 19.1 Å². The van der Waals surface area contributed by atoms with E-state index in [9.17, 15) is 10.1 Å². The zero-order valence-electron chi connectivity index (χ0n) is 8.23. The molecule has 0 bridgehead atoms. The lowest BCUT2D eigenvalue weighted by Gasteiger charge is -2.08. The fourth-order valence-corrected chi connectivity index (χ4v) is 1.25. The summed E-state index contributed by atoms with van der Waals surface area (Å²) in [6, 6.07) is 3.26. The summed E-state index contributed by atoms with van der Waals surface area (Å²) in [6.07, 6.45) is 0. The number of hydrogen-bond donors (Lipinski definition) is 0. The Morgan fingerprint density at radius 1 is 1.29 bits per heavy atom. The van der Waals surface area contributed by atoms with E-state index in [2.05, 4.69) is 0 Å². The number of hydrogen-bond acceptors (Lipinski definition) is 4. The molecule has 0 spiro atoms. The van der Waals surface area contributed by atoms with Gasteiger partial charge in [0.2, 0.25) is 11.5 Å². The van der Waals surface area contributed by atoms with Crippen molar-refractivity contribution in [3.63, 3.8) is 0 Å². The average molecular weight is 197 g/mol. The molecular formula is C9H11NO4. The van der Waals surface area contributed by atoms with Crippen LogP contribution in [0.15, 0.2) is 12.1 Å². The second-order valence-corrected chi connectivity index (χ2v) is 2.72. The summed E-state index contributed by atoms with van der Waals surface area (Å²) in [4.78, 5) is 10.2. The maximum absolute atomic E-state index is 10.8. The number of rotatable bonds is 3. The van der Waals surface area contributed by atoms with Gasteiger partial charge in [0.1, 0.15) is 0 Å². The van der Waals surface area contributed by atoms with Crippen molar-refractivity contribution in [1.82, 2.24) is 0 Å². The van der Waals surface area contributed by atoms with E-state index in [1.807, 2.05) is 0 Å². The second kappa shape index (κ2) is 3.95. The van der Waals surface area contributed by atoms with Crippen LogP contribution < -0.4 is 9.47 Å². The highest BCUT2D eigenvalue weighted by Crippen LogP contribution is 2.38. The minimum Gasteiger partial charge on any atom is -0.490 e. The van der Waals surface area contributed by atoms with Crippen LogP contribution in [-0.2, 0) is 0 Å². The highest BCUT2D eigenvalue weighted by Gasteiger charge is 2.23. The van der Waals surface area contributed by atoms with Gasteiger partial charge in [0.25, 0.3) is 0 Å². The Bertz CT molecular complexity index is 362. The number of aryl methyl sites for hydroxylation is 1. The highest BCUT2D eigenvalue weighted by molar-refractivity contribution is 5.60. The molecule has 1 aromatic carbocycles. The number of nitro benzene ring substituents is 1. The third-order valence-electron chi connectivity index (χ3n) is 1.90. The molecule has 0 aromatic heterocycles. The van der Waals surface area contributed by atoms with Crippen LogP contribution in [0.4, 0.5) is 5.69 Å². The molecule has 0 N–H and O–H groups in total. The number of nitrogens with zero attached hydrogens (tertiary/aromatic N) is 1. The van der Waals surface area contributed by atoms with Gasteiger partial charge in [-0.2, -0.15) is 0 Å². The Hall–Kier alpha value is -1.78. The van der Waals surface area contributed by atoms with Crippen molar-refractivity contribution in [3.8, 4) is 11.5 Å². The predicted molar refractivity (Wildman–Crippen MR) is 50.9 cm³/mol. The summed E-state index contributed by atoms with van der Waals surface area (Å²) in [6.45, 7) is 1.74. The summed E-state index contributed by atoms with van der Waals surface area (Å²) in [5.41, 5.74) is 0.579. The van der Waals surface area contributed by atoms with Gasteiger partial charge in [-0.25, -0.2) is 0 Å². The molecule has 0 aliphatic heterocycles. The molecule has 0 aliphatic carbocycles. The monoisotopic (exact) mass is 197 g/mol. The van der Waals surface area contributed by atoms with E-state index in [4.69, 9.17) is 9.47 Å². The van der Waals surface area contributed by atoms with Crippen molar-refractivity contribution in [2.45, 2.75) is 6.92 Å². The van der Waals surface area contributed by atoms with Crippen LogP contribution in [0.25, 0.3) is 0 Å². The molecule has 0 unspecified atom stereocenters. The molecule has 0 fully saturated rings. The molecular weight excluding hydrogens is 186 g/mol. The molecule has 0 saturated carbocycles. The van der Waals surface area contributed by atoms with E-state index in [0.29, 0.717) is 5.56 Å². The van der Waals surface area contributed by atoms with Gasteiger partial charge >= 0.3 is 5.69 Å². The number of methoxy groups -OCH3 is 2. The van der Waals surface area contributed by atoms with Gasteiger partial charge in [0, 0.05) is 0 Å². The summed E-state index contributed by atoms with van der Waals surface area (Å²) in [5, 5.41) is 10.8. The van der Waals surface area contributed by atoms with Gasteiger partial charge in [-0.05, 0) is 18.6 Å². The minimum atomic E-state index is -0.509. The van der Waals surface area contributed by atoms with E-state index >= 15 is 0 Å². The number of ether oxygens (including phenoxy) is 2. The molecule has 0 atom stereocenters. The SMILES string of the molecule is COc1ccc(C)c(OC)c1[N+](=O)[O-]. The second-order valence-electron chi connectivity index (χ2n) is 2.72. The molecule has 1 rings (SSSR count). The van der Waals surface area contributed by atoms with E-state index in [1.165, 1.54) is 14.2 Å². The third-order valence-corrected chi connectivity index (χ3v) is 1.90. The fraction of sp³-hybridized carbons (Fsp3) is 0.333. The van der Waals surface area contributed by atoms with Crippen molar-refractivity contribution in [3.05, 3.63) is 27.8 Å². The summed E-state index contributed by atoms with van der Waals surface area (Å²) in [5.74, 6) is 0.451. The zero-order valence-corrected chi connectivity index (χ0v) is 8.23. The zero-order chi connectivity index (χ0) is 10.7. The molecule has 5 heteroatoms. The van der Waals surface area contributed by atoms with Crippen LogP contribution >= 0.6 is 0 Å². The first-order valence-electron chi connectivity index (χ1n) is 3.97. The average Bonchev–Trinajstić information content (AvgIpc) is 2.17. The molecule has 14 heavy (non-hydrogen) atoms. The molecule has 76 valence electrons. The predicted octanol–water partition coefficient (Wildman–Crippen LogP) is 1.92. The minimum absolute atomic E-state index is 0.130. The van der Waals surface area contributed by atoms with E-state index in [0.717, 1.165) is 0 Å². The molecule has 0 radical (unpaired) electrons. The van der Waals surface area contributed by atoms with Gasteiger partial charge < -0.3 is 9.47 Å². The van der Waals surface area contributed by atoms with Gasteiger partial charge in [-0.1, -0.05) is 6.07 Å². The van der Waals surface area contributed by atoms with E-state index in [1.54, 1.807) is 19.1 Å². The largest absolute Gasteiger partial charge is 0.490 e. The normalized spacial score (nSPS) is 9.64. The Morgan fingerprint density at radius 3 is 2.36 bits per heavy atom. The molecule has 0 amide bonds. The highest BCUT2D eigenvalue weighted by atomic mass is 16.6. The summed E-state index contributed by atoms with van der Waals surface area (Å²) >= 11 is 0. The summed E-state index contributed by atoms with van der Waals surface area (Å²) < 4.78 is 9.84. The van der Waals surface area contributed by atoms with E-state index < -0.39 is 4.92 Å². The van der Waals surface area contributed by atoms with Crippen molar-refractivity contribution in [2.24, 2.45) is 0 Å². The fourth-order valence-electron chi connectivity index (χ4n) is 1.25. The Balaban J connectivity index is 3.43. The molecule has 0 heterocycles. The van der Waals surface area contributed by atoms with Crippen molar-refractivity contribution in [1.29, 1.82) is 0 Å². The lowest BCUT2D eigenvalue weighted by Crippen LogP contribution is -1.99. The van der Waals surface area contributed by atoms with E-state index in [-0.39, 0.29) is 17.2 Å². The summed E-state index contributed by atoms with van der Waals surface area (Å²) in [7, 11) is 2.78. The standard InChI is InChI=1S/C9H11NO4/c1-6-4-5-7(13-2)8(10(11)12)9(6)14-3/h4-5H,1-3H3. The first-order valence-corrected chi connectivity index (χ1v) is 3.97. The number of nitro groups is 1. The topological polar surface area (TPSA) is 61.6 Å². The Labute approximate surface area is 81.4 Å². The van der Waals surface area contributed by atoms with Crippen molar-refractivity contribution in [2.75, 3.05) is 14.2 Å². The molecule has 1 aromatic rings. The van der Waals surface area contributed by atoms with Crippen LogP contribution in [0.2, 0.25) is 0 Å². The quantitative estimate of drug-likeness (QED) is 0.548. The maximum atomic E-state index is 10.8. The van der Waals surface area contributed by atoms with Crippen LogP contribution in [0.3, 0.4) is 0 Å². The van der Waals surface area contributed by atoms with Crippen LogP contribution in [0.1, 0.15) is 5.56 Å². The first kappa shape index (κ1) is 10.3. The third kappa shape index (κ3) is 1.61.